The van der Waals surface area contributed by atoms with E-state index in [1.54, 1.807) is 7.11 Å². The van der Waals surface area contributed by atoms with E-state index in [1.165, 1.54) is 11.3 Å². The second-order valence-corrected chi connectivity index (χ2v) is 6.30. The molecule has 114 valence electrons. The molecule has 0 saturated heterocycles. The first-order valence-electron chi connectivity index (χ1n) is 7.03. The number of rotatable bonds is 5. The van der Waals surface area contributed by atoms with Crippen LogP contribution >= 0.6 is 15.9 Å². The zero-order valence-corrected chi connectivity index (χ0v) is 14.6. The van der Waals surface area contributed by atoms with Gasteiger partial charge in [0.1, 0.15) is 5.75 Å². The Kier molecular flexibility index (Phi) is 5.06. The van der Waals surface area contributed by atoms with E-state index in [0.717, 1.165) is 27.9 Å². The summed E-state index contributed by atoms with van der Waals surface area (Å²) in [5.74, 6) is 0.852. The molecule has 0 bridgehead atoms. The Balaban J connectivity index is 2.32. The molecule has 2 N–H and O–H groups in total. The molecular weight excluding hydrogens is 330 g/mol. The van der Waals surface area contributed by atoms with Gasteiger partial charge in [-0.05, 0) is 56.5 Å². The molecule has 2 rings (SSSR count). The molecule has 1 aromatic carbocycles. The molecule has 5 heteroatoms. The van der Waals surface area contributed by atoms with Crippen LogP contribution in [0.1, 0.15) is 29.4 Å². The van der Waals surface area contributed by atoms with Crippen LogP contribution in [-0.4, -0.2) is 22.9 Å². The number of halogens is 1. The molecule has 1 unspecified atom stereocenters. The fourth-order valence-electron chi connectivity index (χ4n) is 2.47. The third-order valence-corrected chi connectivity index (χ3v) is 4.40. The third kappa shape index (κ3) is 3.66. The molecule has 4 nitrogen and oxygen atoms in total. The predicted octanol–water partition coefficient (Wildman–Crippen LogP) is 3.21. The molecule has 0 spiro atoms. The molecule has 2 aromatic rings. The maximum atomic E-state index is 5.92. The highest BCUT2D eigenvalue weighted by Crippen LogP contribution is 2.24. The van der Waals surface area contributed by atoms with Gasteiger partial charge in [-0.25, -0.2) is 0 Å². The molecular formula is C16H22BrN3O. The molecule has 21 heavy (non-hydrogen) atoms. The molecule has 0 saturated carbocycles. The van der Waals surface area contributed by atoms with Crippen molar-refractivity contribution in [3.05, 3.63) is 45.2 Å². The highest BCUT2D eigenvalue weighted by atomic mass is 79.9. The number of hydrogen-bond acceptors (Lipinski definition) is 3. The fraction of sp³-hybridized carbons (Fsp3) is 0.438. The minimum atomic E-state index is 0.142. The first-order valence-corrected chi connectivity index (χ1v) is 7.82. The minimum absolute atomic E-state index is 0.142. The zero-order chi connectivity index (χ0) is 15.6. The summed E-state index contributed by atoms with van der Waals surface area (Å²) in [6.07, 6.45) is 0.858. The average molecular weight is 352 g/mol. The van der Waals surface area contributed by atoms with Gasteiger partial charge in [-0.2, -0.15) is 5.10 Å². The van der Waals surface area contributed by atoms with E-state index in [2.05, 4.69) is 28.0 Å². The van der Waals surface area contributed by atoms with E-state index < -0.39 is 0 Å². The molecule has 0 aliphatic rings. The quantitative estimate of drug-likeness (QED) is 0.899. The van der Waals surface area contributed by atoms with Crippen molar-refractivity contribution in [3.8, 4) is 5.75 Å². The van der Waals surface area contributed by atoms with E-state index >= 15 is 0 Å². The maximum Gasteiger partial charge on any atom is 0.119 e. The number of hydrogen-bond donors (Lipinski definition) is 1. The molecule has 1 heterocycles. The number of ether oxygens (including phenoxy) is 1. The number of nitrogens with zero attached hydrogens (tertiary/aromatic N) is 2. The van der Waals surface area contributed by atoms with E-state index in [-0.39, 0.29) is 6.04 Å². The summed E-state index contributed by atoms with van der Waals surface area (Å²) in [5.41, 5.74) is 10.6. The van der Waals surface area contributed by atoms with Gasteiger partial charge in [0.15, 0.2) is 0 Å². The van der Waals surface area contributed by atoms with Gasteiger partial charge in [-0.3, -0.25) is 4.68 Å². The van der Waals surface area contributed by atoms with Gasteiger partial charge in [-0.1, -0.05) is 15.9 Å². The fourth-order valence-corrected chi connectivity index (χ4v) is 2.84. The highest BCUT2D eigenvalue weighted by Gasteiger charge is 2.14. The van der Waals surface area contributed by atoms with Crippen LogP contribution in [0, 0.1) is 13.8 Å². The number of aryl methyl sites for hydroxylation is 1. The van der Waals surface area contributed by atoms with Crippen molar-refractivity contribution in [3.63, 3.8) is 0 Å². The van der Waals surface area contributed by atoms with Crippen molar-refractivity contribution in [1.82, 2.24) is 9.78 Å². The second kappa shape index (κ2) is 6.62. The largest absolute Gasteiger partial charge is 0.497 e. The van der Waals surface area contributed by atoms with Crippen LogP contribution in [0.15, 0.2) is 22.7 Å². The Morgan fingerprint density at radius 3 is 2.71 bits per heavy atom. The van der Waals surface area contributed by atoms with Crippen molar-refractivity contribution in [2.45, 2.75) is 39.8 Å². The monoisotopic (exact) mass is 351 g/mol. The summed E-state index contributed by atoms with van der Waals surface area (Å²) in [4.78, 5) is 0. The molecule has 0 aliphatic carbocycles. The summed E-state index contributed by atoms with van der Waals surface area (Å²) in [6.45, 7) is 6.88. The summed E-state index contributed by atoms with van der Waals surface area (Å²) in [6, 6.07) is 6.12. The minimum Gasteiger partial charge on any atom is -0.497 e. The van der Waals surface area contributed by atoms with Crippen LogP contribution in [0.5, 0.6) is 5.75 Å². The number of methoxy groups -OCH3 is 1. The van der Waals surface area contributed by atoms with Crippen molar-refractivity contribution < 1.29 is 4.74 Å². The van der Waals surface area contributed by atoms with Crippen LogP contribution in [0.2, 0.25) is 0 Å². The predicted molar refractivity (Wildman–Crippen MR) is 88.9 cm³/mol. The lowest BCUT2D eigenvalue weighted by molar-refractivity contribution is 0.414. The van der Waals surface area contributed by atoms with Crippen molar-refractivity contribution in [2.75, 3.05) is 7.11 Å². The molecule has 0 amide bonds. The Morgan fingerprint density at radius 1 is 1.38 bits per heavy atom. The van der Waals surface area contributed by atoms with Gasteiger partial charge >= 0.3 is 0 Å². The molecule has 1 atom stereocenters. The molecule has 1 aromatic heterocycles. The lowest BCUT2D eigenvalue weighted by atomic mass is 10.1. The van der Waals surface area contributed by atoms with Gasteiger partial charge in [-0.15, -0.1) is 0 Å². The Labute approximate surface area is 134 Å². The maximum absolute atomic E-state index is 5.92. The lowest BCUT2D eigenvalue weighted by Gasteiger charge is -2.10. The zero-order valence-electron chi connectivity index (χ0n) is 13.0. The van der Waals surface area contributed by atoms with Gasteiger partial charge in [0.2, 0.25) is 0 Å². The Morgan fingerprint density at radius 2 is 2.10 bits per heavy atom. The van der Waals surface area contributed by atoms with Gasteiger partial charge < -0.3 is 10.5 Å². The Bertz CT molecular complexity index is 635. The SMILES string of the molecule is COc1ccc(Br)c(Cn2nc(C)c(CC(C)N)c2C)c1. The number of nitrogens with two attached hydrogens (primary N) is 1. The lowest BCUT2D eigenvalue weighted by Crippen LogP contribution is -2.18. The van der Waals surface area contributed by atoms with Crippen LogP contribution in [0.4, 0.5) is 0 Å². The summed E-state index contributed by atoms with van der Waals surface area (Å²) in [5, 5.41) is 4.65. The van der Waals surface area contributed by atoms with E-state index in [0.29, 0.717) is 6.54 Å². The van der Waals surface area contributed by atoms with Crippen molar-refractivity contribution >= 4 is 15.9 Å². The third-order valence-electron chi connectivity index (χ3n) is 3.63. The Hall–Kier alpha value is -1.33. The molecule has 0 radical (unpaired) electrons. The van der Waals surface area contributed by atoms with E-state index in [4.69, 9.17) is 10.5 Å². The highest BCUT2D eigenvalue weighted by molar-refractivity contribution is 9.10. The van der Waals surface area contributed by atoms with Gasteiger partial charge in [0.05, 0.1) is 19.3 Å². The van der Waals surface area contributed by atoms with Gasteiger partial charge in [0, 0.05) is 16.2 Å². The average Bonchev–Trinajstić information content (AvgIpc) is 2.68. The first kappa shape index (κ1) is 16.0. The van der Waals surface area contributed by atoms with Crippen LogP contribution < -0.4 is 10.5 Å². The topological polar surface area (TPSA) is 53.1 Å². The normalized spacial score (nSPS) is 12.5. The van der Waals surface area contributed by atoms with E-state index in [1.807, 2.05) is 36.7 Å². The standard InChI is InChI=1S/C16H22BrN3O/c1-10(18)7-15-11(2)19-20(12(15)3)9-13-8-14(21-4)5-6-16(13)17/h5-6,8,10H,7,9,18H2,1-4H3. The smallest absolute Gasteiger partial charge is 0.119 e. The van der Waals surface area contributed by atoms with Crippen molar-refractivity contribution in [2.24, 2.45) is 5.73 Å². The summed E-state index contributed by atoms with van der Waals surface area (Å²) in [7, 11) is 1.68. The first-order chi connectivity index (χ1) is 9.92. The number of aromatic nitrogens is 2. The summed E-state index contributed by atoms with van der Waals surface area (Å²) >= 11 is 3.59. The number of benzene rings is 1. The summed E-state index contributed by atoms with van der Waals surface area (Å²) < 4.78 is 8.39. The molecule has 0 aliphatic heterocycles. The van der Waals surface area contributed by atoms with Crippen LogP contribution in [0.3, 0.4) is 0 Å². The van der Waals surface area contributed by atoms with Gasteiger partial charge in [0.25, 0.3) is 0 Å². The molecule has 0 fully saturated rings. The van der Waals surface area contributed by atoms with Crippen LogP contribution in [-0.2, 0) is 13.0 Å². The van der Waals surface area contributed by atoms with Crippen LogP contribution in [0.25, 0.3) is 0 Å². The van der Waals surface area contributed by atoms with Crippen molar-refractivity contribution in [1.29, 1.82) is 0 Å². The van der Waals surface area contributed by atoms with E-state index in [9.17, 15) is 0 Å². The second-order valence-electron chi connectivity index (χ2n) is 5.45.